The van der Waals surface area contributed by atoms with Crippen LogP contribution in [0.4, 0.5) is 0 Å². The molecule has 0 unspecified atom stereocenters. The van der Waals surface area contributed by atoms with Gasteiger partial charge >= 0.3 is 0 Å². The molecule has 0 aliphatic rings. The largest absolute Gasteiger partial charge is 0.479 e. The van der Waals surface area contributed by atoms with E-state index in [9.17, 15) is 4.79 Å². The standard InChI is InChI=1S/C19H17NO2/c1-14-3-4-16(15(2)13-14)7-10-19(21)17-5-8-18(9-6-17)22-12-11-20/h3-10,13H,12H2,1-2H3/b10-7+. The zero-order chi connectivity index (χ0) is 15.9. The highest BCUT2D eigenvalue weighted by atomic mass is 16.5. The maximum Gasteiger partial charge on any atom is 0.185 e. The molecular formula is C19H17NO2. The SMILES string of the molecule is Cc1ccc(/C=C/C(=O)c2ccc(OCC#N)cc2)c(C)c1. The van der Waals surface area contributed by atoms with Crippen molar-refractivity contribution in [2.75, 3.05) is 6.61 Å². The highest BCUT2D eigenvalue weighted by Gasteiger charge is 2.03. The van der Waals surface area contributed by atoms with Crippen molar-refractivity contribution in [1.29, 1.82) is 5.26 Å². The average Bonchev–Trinajstić information content (AvgIpc) is 2.52. The van der Waals surface area contributed by atoms with E-state index in [-0.39, 0.29) is 12.4 Å². The van der Waals surface area contributed by atoms with E-state index in [1.165, 1.54) is 5.56 Å². The van der Waals surface area contributed by atoms with Gasteiger partial charge in [0.2, 0.25) is 0 Å². The van der Waals surface area contributed by atoms with Crippen LogP contribution in [0.15, 0.2) is 48.5 Å². The van der Waals surface area contributed by atoms with Crippen LogP contribution in [0.1, 0.15) is 27.0 Å². The molecule has 0 aliphatic carbocycles. The Morgan fingerprint density at radius 3 is 2.55 bits per heavy atom. The van der Waals surface area contributed by atoms with Crippen LogP contribution in [0.2, 0.25) is 0 Å². The van der Waals surface area contributed by atoms with E-state index in [1.54, 1.807) is 30.3 Å². The van der Waals surface area contributed by atoms with Gasteiger partial charge in [-0.25, -0.2) is 0 Å². The molecule has 0 atom stereocenters. The third kappa shape index (κ3) is 4.07. The smallest absolute Gasteiger partial charge is 0.185 e. The van der Waals surface area contributed by atoms with Gasteiger partial charge < -0.3 is 4.74 Å². The Balaban J connectivity index is 2.08. The molecule has 0 aliphatic heterocycles. The summed E-state index contributed by atoms with van der Waals surface area (Å²) >= 11 is 0. The van der Waals surface area contributed by atoms with E-state index in [4.69, 9.17) is 10.00 Å². The lowest BCUT2D eigenvalue weighted by Gasteiger charge is -2.03. The van der Waals surface area contributed by atoms with Crippen LogP contribution in [-0.2, 0) is 0 Å². The van der Waals surface area contributed by atoms with Crippen molar-refractivity contribution in [3.8, 4) is 11.8 Å². The number of hydrogen-bond acceptors (Lipinski definition) is 3. The van der Waals surface area contributed by atoms with E-state index >= 15 is 0 Å². The fourth-order valence-corrected chi connectivity index (χ4v) is 2.11. The van der Waals surface area contributed by atoms with Gasteiger partial charge in [0.15, 0.2) is 12.4 Å². The van der Waals surface area contributed by atoms with Gasteiger partial charge in [-0.1, -0.05) is 29.8 Å². The second-order valence-corrected chi connectivity index (χ2v) is 5.03. The van der Waals surface area contributed by atoms with E-state index in [1.807, 2.05) is 38.1 Å². The second-order valence-electron chi connectivity index (χ2n) is 5.03. The summed E-state index contributed by atoms with van der Waals surface area (Å²) in [4.78, 5) is 12.1. The molecule has 0 fully saturated rings. The van der Waals surface area contributed by atoms with Crippen LogP contribution in [0, 0.1) is 25.2 Å². The summed E-state index contributed by atoms with van der Waals surface area (Å²) in [6, 6.07) is 14.8. The Bertz CT molecular complexity index is 737. The minimum Gasteiger partial charge on any atom is -0.479 e. The number of carbonyl (C=O) groups excluding carboxylic acids is 1. The van der Waals surface area contributed by atoms with Crippen molar-refractivity contribution >= 4 is 11.9 Å². The predicted octanol–water partition coefficient (Wildman–Crippen LogP) is 4.10. The van der Waals surface area contributed by atoms with E-state index in [2.05, 4.69) is 6.07 Å². The van der Waals surface area contributed by atoms with Crippen molar-refractivity contribution < 1.29 is 9.53 Å². The second kappa shape index (κ2) is 7.24. The fourth-order valence-electron chi connectivity index (χ4n) is 2.11. The van der Waals surface area contributed by atoms with Gasteiger partial charge in [0, 0.05) is 5.56 Å². The van der Waals surface area contributed by atoms with Gasteiger partial charge in [-0.3, -0.25) is 4.79 Å². The zero-order valence-corrected chi connectivity index (χ0v) is 12.7. The predicted molar refractivity (Wildman–Crippen MR) is 86.8 cm³/mol. The summed E-state index contributed by atoms with van der Waals surface area (Å²) in [7, 11) is 0. The van der Waals surface area contributed by atoms with E-state index < -0.39 is 0 Å². The lowest BCUT2D eigenvalue weighted by atomic mass is 10.0. The molecule has 3 nitrogen and oxygen atoms in total. The van der Waals surface area contributed by atoms with Crippen molar-refractivity contribution in [3.63, 3.8) is 0 Å². The Labute approximate surface area is 130 Å². The average molecular weight is 291 g/mol. The molecule has 0 N–H and O–H groups in total. The molecule has 0 heterocycles. The molecule has 0 amide bonds. The van der Waals surface area contributed by atoms with Crippen molar-refractivity contribution in [3.05, 3.63) is 70.8 Å². The minimum absolute atomic E-state index is 0.000103. The van der Waals surface area contributed by atoms with Gasteiger partial charge in [0.25, 0.3) is 0 Å². The van der Waals surface area contributed by atoms with Gasteiger partial charge in [-0.2, -0.15) is 5.26 Å². The topological polar surface area (TPSA) is 50.1 Å². The molecule has 2 aromatic carbocycles. The van der Waals surface area contributed by atoms with E-state index in [0.29, 0.717) is 11.3 Å². The lowest BCUT2D eigenvalue weighted by Crippen LogP contribution is -1.96. The number of nitrogens with zero attached hydrogens (tertiary/aromatic N) is 1. The number of nitriles is 1. The maximum atomic E-state index is 12.1. The first-order valence-corrected chi connectivity index (χ1v) is 6.99. The molecule has 3 heteroatoms. The number of rotatable bonds is 5. The van der Waals surface area contributed by atoms with Crippen LogP contribution >= 0.6 is 0 Å². The Morgan fingerprint density at radius 2 is 1.91 bits per heavy atom. The zero-order valence-electron chi connectivity index (χ0n) is 12.7. The van der Waals surface area contributed by atoms with Crippen LogP contribution in [0.25, 0.3) is 6.08 Å². The summed E-state index contributed by atoms with van der Waals surface area (Å²) in [6.45, 7) is 4.07. The highest BCUT2D eigenvalue weighted by Crippen LogP contribution is 2.15. The molecule has 0 aromatic heterocycles. The molecule has 22 heavy (non-hydrogen) atoms. The van der Waals surface area contributed by atoms with Gasteiger partial charge in [0.05, 0.1) is 0 Å². The summed E-state index contributed by atoms with van der Waals surface area (Å²) in [5, 5.41) is 8.45. The summed E-state index contributed by atoms with van der Waals surface area (Å²) in [5.74, 6) is 0.517. The van der Waals surface area contributed by atoms with Gasteiger partial charge in [0.1, 0.15) is 11.8 Å². The molecule has 0 radical (unpaired) electrons. The van der Waals surface area contributed by atoms with Gasteiger partial charge in [-0.05, 0) is 55.3 Å². The maximum absolute atomic E-state index is 12.1. The van der Waals surface area contributed by atoms with Crippen LogP contribution in [-0.4, -0.2) is 12.4 Å². The number of carbonyl (C=O) groups is 1. The monoisotopic (exact) mass is 291 g/mol. The number of allylic oxidation sites excluding steroid dienone is 1. The van der Waals surface area contributed by atoms with E-state index in [0.717, 1.165) is 11.1 Å². The normalized spacial score (nSPS) is 10.4. The Morgan fingerprint density at radius 1 is 1.18 bits per heavy atom. The number of hydrogen-bond donors (Lipinski definition) is 0. The molecular weight excluding hydrogens is 274 g/mol. The minimum atomic E-state index is -0.0631. The number of aryl methyl sites for hydroxylation is 2. The molecule has 0 saturated carbocycles. The molecule has 0 bridgehead atoms. The van der Waals surface area contributed by atoms with Crippen molar-refractivity contribution in [2.45, 2.75) is 13.8 Å². The quantitative estimate of drug-likeness (QED) is 0.615. The summed E-state index contributed by atoms with van der Waals surface area (Å²) in [5.41, 5.74) is 3.97. The molecule has 0 spiro atoms. The number of benzene rings is 2. The lowest BCUT2D eigenvalue weighted by molar-refractivity contribution is 0.104. The first-order chi connectivity index (χ1) is 10.6. The van der Waals surface area contributed by atoms with Crippen LogP contribution in [0.3, 0.4) is 0 Å². The third-order valence-electron chi connectivity index (χ3n) is 3.28. The first kappa shape index (κ1) is 15.5. The van der Waals surface area contributed by atoms with Crippen molar-refractivity contribution in [2.24, 2.45) is 0 Å². The third-order valence-corrected chi connectivity index (χ3v) is 3.28. The molecule has 2 aromatic rings. The van der Waals surface area contributed by atoms with Crippen molar-refractivity contribution in [1.82, 2.24) is 0 Å². The molecule has 110 valence electrons. The summed E-state index contributed by atoms with van der Waals surface area (Å²) < 4.78 is 5.16. The number of ketones is 1. The molecule has 0 saturated heterocycles. The highest BCUT2D eigenvalue weighted by molar-refractivity contribution is 6.06. The van der Waals surface area contributed by atoms with Crippen LogP contribution in [0.5, 0.6) is 5.75 Å². The first-order valence-electron chi connectivity index (χ1n) is 6.99. The fraction of sp³-hybridized carbons (Fsp3) is 0.158. The van der Waals surface area contributed by atoms with Gasteiger partial charge in [-0.15, -0.1) is 0 Å². The Kier molecular flexibility index (Phi) is 5.11. The number of ether oxygens (including phenoxy) is 1. The summed E-state index contributed by atoms with van der Waals surface area (Å²) in [6.07, 6.45) is 3.40. The van der Waals surface area contributed by atoms with Crippen LogP contribution < -0.4 is 4.74 Å². The Hall–Kier alpha value is -2.86. The molecule has 2 rings (SSSR count).